The van der Waals surface area contributed by atoms with Crippen LogP contribution in [0.25, 0.3) is 11.4 Å². The van der Waals surface area contributed by atoms with E-state index in [0.717, 1.165) is 22.5 Å². The number of hydrogen-bond acceptors (Lipinski definition) is 10. The van der Waals surface area contributed by atoms with Crippen molar-refractivity contribution in [1.29, 1.82) is 0 Å². The number of nitrogen functional groups attached to an aromatic ring is 1. The number of aliphatic hydroxyl groups excluding tert-OH is 1. The second kappa shape index (κ2) is 11.3. The predicted molar refractivity (Wildman–Crippen MR) is 172 cm³/mol. The number of anilines is 4. The molecule has 0 saturated carbocycles. The van der Waals surface area contributed by atoms with Gasteiger partial charge in [0.15, 0.2) is 5.82 Å². The van der Waals surface area contributed by atoms with Gasteiger partial charge in [-0.2, -0.15) is 15.0 Å². The summed E-state index contributed by atoms with van der Waals surface area (Å²) in [5.74, 6) is 0.499. The third kappa shape index (κ3) is 5.40. The molecule has 0 bridgehead atoms. The van der Waals surface area contributed by atoms with Gasteiger partial charge >= 0.3 is 0 Å². The molecule has 1 atom stereocenters. The Morgan fingerprint density at radius 2 is 1.80 bits per heavy atom. The van der Waals surface area contributed by atoms with Gasteiger partial charge in [-0.1, -0.05) is 45.0 Å². The van der Waals surface area contributed by atoms with Crippen molar-refractivity contribution < 1.29 is 14.7 Å². The number of fused-ring (bicyclic) bond motifs is 1. The van der Waals surface area contributed by atoms with Gasteiger partial charge < -0.3 is 26.0 Å². The molecule has 1 fully saturated rings. The quantitative estimate of drug-likeness (QED) is 0.290. The third-order valence-electron chi connectivity index (χ3n) is 8.13. The molecule has 4 N–H and O–H groups in total. The van der Waals surface area contributed by atoms with E-state index in [1.54, 1.807) is 15.9 Å². The van der Waals surface area contributed by atoms with E-state index in [4.69, 9.17) is 5.73 Å². The maximum atomic E-state index is 13.5. The number of amides is 2. The molecule has 2 aromatic carbocycles. The molecule has 6 rings (SSSR count). The van der Waals surface area contributed by atoms with E-state index >= 15 is 0 Å². The van der Waals surface area contributed by atoms with Crippen LogP contribution in [0.5, 0.6) is 0 Å². The number of nitrogens with zero attached hydrogens (tertiary/aromatic N) is 6. The highest BCUT2D eigenvalue weighted by Crippen LogP contribution is 2.41. The number of piperazine rings is 1. The van der Waals surface area contributed by atoms with Gasteiger partial charge in [0.1, 0.15) is 6.04 Å². The Labute approximate surface area is 260 Å². The van der Waals surface area contributed by atoms with Gasteiger partial charge in [-0.05, 0) is 47.9 Å². The summed E-state index contributed by atoms with van der Waals surface area (Å²) in [6.45, 7) is 8.03. The molecule has 12 heteroatoms. The van der Waals surface area contributed by atoms with Crippen molar-refractivity contribution in [2.45, 2.75) is 45.4 Å². The topological polar surface area (TPSA) is 141 Å². The maximum absolute atomic E-state index is 13.5. The molecule has 2 aliphatic rings. The molecule has 0 aliphatic carbocycles. The van der Waals surface area contributed by atoms with Crippen molar-refractivity contribution in [3.63, 3.8) is 0 Å². The van der Waals surface area contributed by atoms with E-state index in [0.29, 0.717) is 35.6 Å². The average Bonchev–Trinajstić information content (AvgIpc) is 3.55. The molecule has 1 unspecified atom stereocenters. The summed E-state index contributed by atoms with van der Waals surface area (Å²) in [6.07, 6.45) is 0. The van der Waals surface area contributed by atoms with Gasteiger partial charge in [0, 0.05) is 41.8 Å². The van der Waals surface area contributed by atoms with Crippen LogP contribution in [-0.2, 0) is 23.4 Å². The van der Waals surface area contributed by atoms with E-state index in [1.165, 1.54) is 16.2 Å². The molecule has 2 aromatic heterocycles. The van der Waals surface area contributed by atoms with Crippen molar-refractivity contribution >= 4 is 46.4 Å². The molecule has 44 heavy (non-hydrogen) atoms. The van der Waals surface area contributed by atoms with Crippen LogP contribution >= 0.6 is 11.3 Å². The first-order valence-corrected chi connectivity index (χ1v) is 15.3. The van der Waals surface area contributed by atoms with E-state index < -0.39 is 0 Å². The van der Waals surface area contributed by atoms with Gasteiger partial charge in [0.05, 0.1) is 23.7 Å². The smallest absolute Gasteiger partial charge is 0.269 e. The van der Waals surface area contributed by atoms with Crippen LogP contribution in [0.1, 0.15) is 58.1 Å². The lowest BCUT2D eigenvalue weighted by Crippen LogP contribution is -2.48. The van der Waals surface area contributed by atoms with Crippen molar-refractivity contribution in [1.82, 2.24) is 24.8 Å². The lowest BCUT2D eigenvalue weighted by atomic mass is 9.94. The predicted octanol–water partition coefficient (Wildman–Crippen LogP) is 4.32. The van der Waals surface area contributed by atoms with E-state index in [2.05, 4.69) is 52.0 Å². The number of carbonyl (C=O) groups excluding carboxylic acids is 2. The summed E-state index contributed by atoms with van der Waals surface area (Å²) in [6, 6.07) is 14.8. The first-order chi connectivity index (χ1) is 20.9. The van der Waals surface area contributed by atoms with Gasteiger partial charge in [0.25, 0.3) is 5.91 Å². The third-order valence-corrected chi connectivity index (χ3v) is 9.72. The number of thiophene rings is 1. The zero-order valence-electron chi connectivity index (χ0n) is 25.5. The number of hydrogen-bond donors (Lipinski definition) is 3. The second-order valence-electron chi connectivity index (χ2n) is 12.3. The fourth-order valence-corrected chi connectivity index (χ4v) is 6.83. The molecule has 11 nitrogen and oxygen atoms in total. The van der Waals surface area contributed by atoms with Gasteiger partial charge in [0.2, 0.25) is 17.8 Å². The number of benzene rings is 2. The van der Waals surface area contributed by atoms with Gasteiger partial charge in [-0.15, -0.1) is 11.3 Å². The Balaban J connectivity index is 1.26. The number of nitrogens with one attached hydrogen (secondary N) is 1. The van der Waals surface area contributed by atoms with Crippen LogP contribution in [0.3, 0.4) is 0 Å². The summed E-state index contributed by atoms with van der Waals surface area (Å²) >= 11 is 1.53. The van der Waals surface area contributed by atoms with Crippen molar-refractivity contribution in [3.05, 3.63) is 75.0 Å². The summed E-state index contributed by atoms with van der Waals surface area (Å²) in [5.41, 5.74) is 10.4. The van der Waals surface area contributed by atoms with Crippen LogP contribution in [0.2, 0.25) is 0 Å². The highest BCUT2D eigenvalue weighted by atomic mass is 32.1. The van der Waals surface area contributed by atoms with Gasteiger partial charge in [-0.25, -0.2) is 0 Å². The summed E-state index contributed by atoms with van der Waals surface area (Å²) in [4.78, 5) is 46.9. The lowest BCUT2D eigenvalue weighted by molar-refractivity contribution is -0.139. The summed E-state index contributed by atoms with van der Waals surface area (Å²) in [7, 11) is 3.78. The van der Waals surface area contributed by atoms with Crippen LogP contribution in [0, 0.1) is 0 Å². The zero-order valence-corrected chi connectivity index (χ0v) is 26.3. The summed E-state index contributed by atoms with van der Waals surface area (Å²) in [5, 5.41) is 13.7. The number of aromatic nitrogens is 3. The number of nitrogens with two attached hydrogens (primary N) is 1. The first kappa shape index (κ1) is 29.7. The lowest BCUT2D eigenvalue weighted by Gasteiger charge is -2.37. The number of aliphatic hydroxyl groups is 1. The average molecular weight is 613 g/mol. The van der Waals surface area contributed by atoms with Crippen molar-refractivity contribution in [3.8, 4) is 11.4 Å². The highest BCUT2D eigenvalue weighted by Gasteiger charge is 2.35. The number of rotatable bonds is 6. The van der Waals surface area contributed by atoms with E-state index in [9.17, 15) is 14.7 Å². The summed E-state index contributed by atoms with van der Waals surface area (Å²) < 4.78 is 0. The SMILES string of the molecule is CN1CCN(C)C(c2ccc(Nc3nc(N)nc(-c4cccc(N5Cc6cc(C(C)(C)C)sc6C5=O)c4CO)n3)cc2)C1=O. The molecule has 2 aliphatic heterocycles. The standard InChI is InChI=1S/C32H36N8O3S/c1-32(2,3)24-15-19-16-40(29(43)26(19)44-24)23-8-6-7-21(22(23)17-41)27-35-30(33)37-31(36-27)34-20-11-9-18(10-12-20)25-28(42)39(5)14-13-38(25)4/h6-12,15,25,41H,13-14,16-17H2,1-5H3,(H3,33,34,35,36,37). The first-order valence-electron chi connectivity index (χ1n) is 14.5. The van der Waals surface area contributed by atoms with Crippen LogP contribution in [-0.4, -0.2) is 68.9 Å². The van der Waals surface area contributed by atoms with Gasteiger partial charge in [-0.3, -0.25) is 14.5 Å². The van der Waals surface area contributed by atoms with Crippen LogP contribution in [0.15, 0.2) is 48.5 Å². The van der Waals surface area contributed by atoms with Crippen LogP contribution < -0.4 is 16.0 Å². The Bertz CT molecular complexity index is 1750. The molecular weight excluding hydrogens is 576 g/mol. The van der Waals surface area contributed by atoms with Crippen LogP contribution in [0.4, 0.5) is 23.3 Å². The fourth-order valence-electron chi connectivity index (χ4n) is 5.65. The Morgan fingerprint density at radius 1 is 1.05 bits per heavy atom. The number of likely N-dealkylation sites (N-methyl/N-ethyl adjacent to an activating group) is 2. The van der Waals surface area contributed by atoms with E-state index in [1.807, 2.05) is 50.5 Å². The Hall–Kier alpha value is -4.39. The van der Waals surface area contributed by atoms with Crippen molar-refractivity contribution in [2.24, 2.45) is 0 Å². The Morgan fingerprint density at radius 3 is 2.48 bits per heavy atom. The molecule has 228 valence electrons. The zero-order chi connectivity index (χ0) is 31.3. The molecule has 0 spiro atoms. The molecule has 1 saturated heterocycles. The molecule has 4 aromatic rings. The fraction of sp³-hybridized carbons (Fsp3) is 0.344. The molecule has 4 heterocycles. The maximum Gasteiger partial charge on any atom is 0.269 e. The normalized spacial score (nSPS) is 17.4. The minimum atomic E-state index is -0.333. The minimum absolute atomic E-state index is 0.00927. The highest BCUT2D eigenvalue weighted by molar-refractivity contribution is 7.14. The second-order valence-corrected chi connectivity index (χ2v) is 13.4. The largest absolute Gasteiger partial charge is 0.392 e. The molecule has 0 radical (unpaired) electrons. The molecule has 2 amide bonds. The monoisotopic (exact) mass is 612 g/mol. The van der Waals surface area contributed by atoms with E-state index in [-0.39, 0.29) is 47.6 Å². The van der Waals surface area contributed by atoms with Crippen molar-refractivity contribution in [2.75, 3.05) is 43.1 Å². The number of carbonyl (C=O) groups is 2. The minimum Gasteiger partial charge on any atom is -0.392 e. The molecular formula is C32H36N8O3S. The Kier molecular flexibility index (Phi) is 7.60.